The zero-order valence-electron chi connectivity index (χ0n) is 7.57. The first-order valence-corrected chi connectivity index (χ1v) is 4.78. The minimum Gasteiger partial charge on any atom is -0.376 e. The van der Waals surface area contributed by atoms with E-state index >= 15 is 0 Å². The fourth-order valence-electron chi connectivity index (χ4n) is 1.40. The summed E-state index contributed by atoms with van der Waals surface area (Å²) in [6.45, 7) is 4.56. The Kier molecular flexibility index (Phi) is 3.93. The summed E-state index contributed by atoms with van der Waals surface area (Å²) in [5.41, 5.74) is 5.50. The lowest BCUT2D eigenvalue weighted by Gasteiger charge is -2.34. The van der Waals surface area contributed by atoms with Gasteiger partial charge in [-0.2, -0.15) is 5.26 Å². The van der Waals surface area contributed by atoms with E-state index in [0.717, 1.165) is 32.7 Å². The van der Waals surface area contributed by atoms with Gasteiger partial charge in [-0.25, -0.2) is 0 Å². The van der Waals surface area contributed by atoms with Gasteiger partial charge in [-0.05, 0) is 12.2 Å². The van der Waals surface area contributed by atoms with Crippen LogP contribution in [-0.4, -0.2) is 47.6 Å². The molecule has 0 bridgehead atoms. The molecule has 0 unspecified atom stereocenters. The summed E-state index contributed by atoms with van der Waals surface area (Å²) >= 11 is 4.87. The highest BCUT2D eigenvalue weighted by atomic mass is 32.1. The summed E-state index contributed by atoms with van der Waals surface area (Å²) in [6.07, 6.45) is 0.604. The molecule has 1 rings (SSSR count). The van der Waals surface area contributed by atoms with Crippen LogP contribution in [0, 0.1) is 11.3 Å². The highest BCUT2D eigenvalue weighted by Gasteiger charge is 2.16. The van der Waals surface area contributed by atoms with Crippen molar-refractivity contribution >= 4 is 17.3 Å². The van der Waals surface area contributed by atoms with Crippen molar-refractivity contribution in [3.63, 3.8) is 0 Å². The van der Waals surface area contributed by atoms with Gasteiger partial charge in [0, 0.05) is 39.1 Å². The molecule has 1 heterocycles. The van der Waals surface area contributed by atoms with Crippen molar-refractivity contribution in [1.29, 1.82) is 5.26 Å². The number of piperazine rings is 1. The maximum atomic E-state index is 8.41. The van der Waals surface area contributed by atoms with E-state index in [0.29, 0.717) is 11.5 Å². The average Bonchev–Trinajstić information content (AvgIpc) is 2.15. The minimum absolute atomic E-state index is 0.486. The molecule has 1 fully saturated rings. The molecule has 0 aromatic rings. The zero-order valence-corrected chi connectivity index (χ0v) is 8.39. The summed E-state index contributed by atoms with van der Waals surface area (Å²) < 4.78 is 0. The largest absolute Gasteiger partial charge is 0.376 e. The fraction of sp³-hybridized carbons (Fsp3) is 0.750. The van der Waals surface area contributed by atoms with Gasteiger partial charge in [0.15, 0.2) is 5.11 Å². The molecule has 0 spiro atoms. The summed E-state index contributed by atoms with van der Waals surface area (Å²) in [5, 5.41) is 8.90. The molecule has 72 valence electrons. The number of hydrogen-bond donors (Lipinski definition) is 1. The van der Waals surface area contributed by atoms with Crippen LogP contribution in [0.1, 0.15) is 6.42 Å². The molecule has 0 aliphatic carbocycles. The topological polar surface area (TPSA) is 56.3 Å². The Morgan fingerprint density at radius 3 is 2.46 bits per heavy atom. The number of nitriles is 1. The lowest BCUT2D eigenvalue weighted by molar-refractivity contribution is 0.186. The summed E-state index contributed by atoms with van der Waals surface area (Å²) in [6, 6.07) is 2.14. The predicted octanol–water partition coefficient (Wildman–Crippen LogP) is -0.239. The second kappa shape index (κ2) is 5.00. The maximum Gasteiger partial charge on any atom is 0.166 e. The van der Waals surface area contributed by atoms with E-state index in [1.807, 2.05) is 4.90 Å². The van der Waals surface area contributed by atoms with Gasteiger partial charge in [0.1, 0.15) is 0 Å². The van der Waals surface area contributed by atoms with Crippen molar-refractivity contribution in [2.24, 2.45) is 5.73 Å². The standard InChI is InChI=1S/C8H14N4S/c9-2-1-3-11-4-6-12(7-5-11)8(10)13/h1,3-7H2,(H2,10,13). The van der Waals surface area contributed by atoms with Crippen molar-refractivity contribution in [3.8, 4) is 6.07 Å². The van der Waals surface area contributed by atoms with Crippen molar-refractivity contribution in [2.45, 2.75) is 6.42 Å². The first kappa shape index (κ1) is 10.2. The number of nitrogens with zero attached hydrogens (tertiary/aromatic N) is 3. The summed E-state index contributed by atoms with van der Waals surface area (Å²) in [7, 11) is 0. The lowest BCUT2D eigenvalue weighted by Crippen LogP contribution is -2.50. The Morgan fingerprint density at radius 2 is 2.00 bits per heavy atom. The molecule has 0 saturated carbocycles. The third-order valence-electron chi connectivity index (χ3n) is 2.22. The molecule has 13 heavy (non-hydrogen) atoms. The summed E-state index contributed by atoms with van der Waals surface area (Å²) in [4.78, 5) is 4.26. The highest BCUT2D eigenvalue weighted by molar-refractivity contribution is 7.80. The molecule has 0 atom stereocenters. The maximum absolute atomic E-state index is 8.41. The van der Waals surface area contributed by atoms with Gasteiger partial charge in [0.05, 0.1) is 6.07 Å². The number of rotatable bonds is 2. The number of hydrogen-bond acceptors (Lipinski definition) is 3. The molecule has 0 aromatic heterocycles. The zero-order chi connectivity index (χ0) is 9.68. The molecular weight excluding hydrogens is 184 g/mol. The number of nitrogens with two attached hydrogens (primary N) is 1. The Morgan fingerprint density at radius 1 is 1.38 bits per heavy atom. The van der Waals surface area contributed by atoms with Crippen LogP contribution < -0.4 is 5.73 Å². The van der Waals surface area contributed by atoms with Gasteiger partial charge in [0.2, 0.25) is 0 Å². The third kappa shape index (κ3) is 3.17. The molecule has 1 aliphatic rings. The predicted molar refractivity (Wildman–Crippen MR) is 55.0 cm³/mol. The van der Waals surface area contributed by atoms with Gasteiger partial charge >= 0.3 is 0 Å². The lowest BCUT2D eigenvalue weighted by atomic mass is 10.3. The van der Waals surface area contributed by atoms with E-state index in [-0.39, 0.29) is 0 Å². The second-order valence-electron chi connectivity index (χ2n) is 3.08. The molecule has 5 heteroatoms. The first-order chi connectivity index (χ1) is 6.24. The van der Waals surface area contributed by atoms with Gasteiger partial charge in [-0.1, -0.05) is 0 Å². The van der Waals surface area contributed by atoms with Crippen LogP contribution in [0.25, 0.3) is 0 Å². The van der Waals surface area contributed by atoms with Crippen LogP contribution in [0.15, 0.2) is 0 Å². The van der Waals surface area contributed by atoms with E-state index in [1.54, 1.807) is 0 Å². The fourth-order valence-corrected chi connectivity index (χ4v) is 1.58. The SMILES string of the molecule is N#CCCN1CCN(C(N)=S)CC1. The summed E-state index contributed by atoms with van der Waals surface area (Å²) in [5.74, 6) is 0. The van der Waals surface area contributed by atoms with Crippen LogP contribution in [0.2, 0.25) is 0 Å². The Balaban J connectivity index is 2.23. The molecule has 0 amide bonds. The van der Waals surface area contributed by atoms with Crippen LogP contribution in [-0.2, 0) is 0 Å². The van der Waals surface area contributed by atoms with Gasteiger partial charge in [0.25, 0.3) is 0 Å². The van der Waals surface area contributed by atoms with E-state index in [4.69, 9.17) is 23.2 Å². The van der Waals surface area contributed by atoms with E-state index in [1.165, 1.54) is 0 Å². The van der Waals surface area contributed by atoms with Crippen LogP contribution >= 0.6 is 12.2 Å². The molecule has 2 N–H and O–H groups in total. The number of thiocarbonyl (C=S) groups is 1. The van der Waals surface area contributed by atoms with E-state index < -0.39 is 0 Å². The first-order valence-electron chi connectivity index (χ1n) is 4.37. The third-order valence-corrected chi connectivity index (χ3v) is 2.48. The van der Waals surface area contributed by atoms with Gasteiger partial charge in [-0.15, -0.1) is 0 Å². The van der Waals surface area contributed by atoms with Crippen molar-refractivity contribution < 1.29 is 0 Å². The highest BCUT2D eigenvalue weighted by Crippen LogP contribution is 2.01. The Bertz CT molecular complexity index is 215. The van der Waals surface area contributed by atoms with Crippen molar-refractivity contribution in [1.82, 2.24) is 9.80 Å². The second-order valence-corrected chi connectivity index (χ2v) is 3.49. The Labute approximate surface area is 83.9 Å². The molecule has 1 aliphatic heterocycles. The molecule has 1 saturated heterocycles. The van der Waals surface area contributed by atoms with Gasteiger partial charge < -0.3 is 10.6 Å². The van der Waals surface area contributed by atoms with Crippen LogP contribution in [0.3, 0.4) is 0 Å². The minimum atomic E-state index is 0.486. The van der Waals surface area contributed by atoms with Crippen LogP contribution in [0.4, 0.5) is 0 Å². The molecule has 0 aromatic carbocycles. The Hall–Kier alpha value is -0.860. The average molecular weight is 198 g/mol. The van der Waals surface area contributed by atoms with E-state index in [9.17, 15) is 0 Å². The normalized spacial score (nSPS) is 18.2. The molecular formula is C8H14N4S. The monoisotopic (exact) mass is 198 g/mol. The molecule has 0 radical (unpaired) electrons. The molecule has 4 nitrogen and oxygen atoms in total. The van der Waals surface area contributed by atoms with Crippen LogP contribution in [0.5, 0.6) is 0 Å². The van der Waals surface area contributed by atoms with Gasteiger partial charge in [-0.3, -0.25) is 4.90 Å². The smallest absolute Gasteiger partial charge is 0.166 e. The van der Waals surface area contributed by atoms with E-state index in [2.05, 4.69) is 11.0 Å². The van der Waals surface area contributed by atoms with Crippen molar-refractivity contribution in [2.75, 3.05) is 32.7 Å². The quantitative estimate of drug-likeness (QED) is 0.621. The van der Waals surface area contributed by atoms with Crippen molar-refractivity contribution in [3.05, 3.63) is 0 Å².